The van der Waals surface area contributed by atoms with E-state index in [0.717, 1.165) is 32.4 Å². The Hall–Kier alpha value is -0.610. The minimum Gasteiger partial charge on any atom is -0.396 e. The van der Waals surface area contributed by atoms with Gasteiger partial charge < -0.3 is 15.7 Å². The van der Waals surface area contributed by atoms with Gasteiger partial charge >= 0.3 is 0 Å². The molecule has 0 bridgehead atoms. The van der Waals surface area contributed by atoms with Gasteiger partial charge in [-0.15, -0.1) is 0 Å². The van der Waals surface area contributed by atoms with E-state index in [1.54, 1.807) is 0 Å². The smallest absolute Gasteiger partial charge is 0.239 e. The zero-order chi connectivity index (χ0) is 12.1. The van der Waals surface area contributed by atoms with Crippen molar-refractivity contribution < 1.29 is 9.90 Å². The predicted molar refractivity (Wildman–Crippen MR) is 63.8 cm³/mol. The second-order valence-corrected chi connectivity index (χ2v) is 4.86. The van der Waals surface area contributed by atoms with Gasteiger partial charge in [-0.2, -0.15) is 0 Å². The Labute approximate surface area is 97.8 Å². The molecule has 1 heterocycles. The Balaban J connectivity index is 2.44. The average molecular weight is 228 g/mol. The second-order valence-electron chi connectivity index (χ2n) is 4.86. The number of likely N-dealkylation sites (tertiary alicyclic amines) is 1. The van der Waals surface area contributed by atoms with Crippen LogP contribution in [0.3, 0.4) is 0 Å². The standard InChI is InChI=1S/C12H24N2O2/c1-3-9(2)11(13)12(16)14-6-4-10(8-15)5-7-14/h9-11,15H,3-8,13H2,1-2H3/t9?,11-/m0/s1. The first-order chi connectivity index (χ1) is 7.60. The van der Waals surface area contributed by atoms with Crippen LogP contribution in [0.15, 0.2) is 0 Å². The molecule has 0 radical (unpaired) electrons. The first-order valence-corrected chi connectivity index (χ1v) is 6.25. The van der Waals surface area contributed by atoms with Crippen molar-refractivity contribution in [2.24, 2.45) is 17.6 Å². The second kappa shape index (κ2) is 6.21. The van der Waals surface area contributed by atoms with Gasteiger partial charge in [-0.05, 0) is 24.7 Å². The van der Waals surface area contributed by atoms with Crippen LogP contribution in [0.4, 0.5) is 0 Å². The van der Waals surface area contributed by atoms with Crippen molar-refractivity contribution in [2.75, 3.05) is 19.7 Å². The molecule has 0 aliphatic carbocycles. The summed E-state index contributed by atoms with van der Waals surface area (Å²) in [5, 5.41) is 9.02. The largest absolute Gasteiger partial charge is 0.396 e. The quantitative estimate of drug-likeness (QED) is 0.740. The lowest BCUT2D eigenvalue weighted by Crippen LogP contribution is -2.49. The molecule has 1 aliphatic rings. The first-order valence-electron chi connectivity index (χ1n) is 6.25. The highest BCUT2D eigenvalue weighted by Crippen LogP contribution is 2.18. The van der Waals surface area contributed by atoms with Crippen molar-refractivity contribution in [2.45, 2.75) is 39.2 Å². The molecule has 1 fully saturated rings. The molecule has 1 aliphatic heterocycles. The van der Waals surface area contributed by atoms with Crippen LogP contribution < -0.4 is 5.73 Å². The van der Waals surface area contributed by atoms with Crippen LogP contribution in [0, 0.1) is 11.8 Å². The van der Waals surface area contributed by atoms with Crippen LogP contribution in [-0.2, 0) is 4.79 Å². The van der Waals surface area contributed by atoms with Gasteiger partial charge in [0.15, 0.2) is 0 Å². The molecule has 94 valence electrons. The molecule has 0 spiro atoms. The van der Waals surface area contributed by atoms with Gasteiger partial charge in [-0.25, -0.2) is 0 Å². The molecule has 0 saturated carbocycles. The summed E-state index contributed by atoms with van der Waals surface area (Å²) >= 11 is 0. The molecule has 3 N–H and O–H groups in total. The number of nitrogens with two attached hydrogens (primary N) is 1. The van der Waals surface area contributed by atoms with E-state index in [1.165, 1.54) is 0 Å². The Bertz CT molecular complexity index is 225. The molecule has 0 aromatic carbocycles. The number of amides is 1. The Kier molecular flexibility index (Phi) is 5.22. The number of carbonyl (C=O) groups excluding carboxylic acids is 1. The van der Waals surface area contributed by atoms with Crippen molar-refractivity contribution in [1.82, 2.24) is 4.90 Å². The number of aliphatic hydroxyl groups is 1. The van der Waals surface area contributed by atoms with Crippen molar-refractivity contribution in [3.63, 3.8) is 0 Å². The van der Waals surface area contributed by atoms with Crippen molar-refractivity contribution in [1.29, 1.82) is 0 Å². The van der Waals surface area contributed by atoms with E-state index in [-0.39, 0.29) is 24.5 Å². The lowest BCUT2D eigenvalue weighted by molar-refractivity contribution is -0.135. The van der Waals surface area contributed by atoms with E-state index >= 15 is 0 Å². The van der Waals surface area contributed by atoms with E-state index in [4.69, 9.17) is 10.8 Å². The van der Waals surface area contributed by atoms with Crippen molar-refractivity contribution in [3.05, 3.63) is 0 Å². The average Bonchev–Trinajstić information content (AvgIpc) is 2.36. The number of hydrogen-bond acceptors (Lipinski definition) is 3. The van der Waals surface area contributed by atoms with Crippen LogP contribution in [0.1, 0.15) is 33.1 Å². The Morgan fingerprint density at radius 2 is 2.06 bits per heavy atom. The van der Waals surface area contributed by atoms with Gasteiger partial charge in [-0.3, -0.25) is 4.79 Å². The van der Waals surface area contributed by atoms with Gasteiger partial charge in [0.25, 0.3) is 0 Å². The van der Waals surface area contributed by atoms with Gasteiger partial charge in [0.05, 0.1) is 6.04 Å². The van der Waals surface area contributed by atoms with Crippen molar-refractivity contribution in [3.8, 4) is 0 Å². The van der Waals surface area contributed by atoms with E-state index in [2.05, 4.69) is 6.92 Å². The minimum atomic E-state index is -0.365. The monoisotopic (exact) mass is 228 g/mol. The fourth-order valence-electron chi connectivity index (χ4n) is 2.04. The molecule has 1 rings (SSSR count). The zero-order valence-corrected chi connectivity index (χ0v) is 10.4. The van der Waals surface area contributed by atoms with E-state index in [0.29, 0.717) is 5.92 Å². The summed E-state index contributed by atoms with van der Waals surface area (Å²) in [6.45, 7) is 5.79. The van der Waals surface area contributed by atoms with Crippen LogP contribution in [-0.4, -0.2) is 41.7 Å². The van der Waals surface area contributed by atoms with Crippen LogP contribution >= 0.6 is 0 Å². The summed E-state index contributed by atoms with van der Waals surface area (Å²) < 4.78 is 0. The number of rotatable bonds is 4. The number of piperidine rings is 1. The summed E-state index contributed by atoms with van der Waals surface area (Å²) in [7, 11) is 0. The third kappa shape index (κ3) is 3.19. The Morgan fingerprint density at radius 1 is 1.50 bits per heavy atom. The van der Waals surface area contributed by atoms with Crippen molar-refractivity contribution >= 4 is 5.91 Å². The van der Waals surface area contributed by atoms with Gasteiger partial charge in [0, 0.05) is 19.7 Å². The molecular weight excluding hydrogens is 204 g/mol. The Morgan fingerprint density at radius 3 is 2.50 bits per heavy atom. The van der Waals surface area contributed by atoms with E-state index in [1.807, 2.05) is 11.8 Å². The van der Waals surface area contributed by atoms with Gasteiger partial charge in [0.1, 0.15) is 0 Å². The lowest BCUT2D eigenvalue weighted by Gasteiger charge is -2.33. The van der Waals surface area contributed by atoms with Gasteiger partial charge in [0.2, 0.25) is 5.91 Å². The summed E-state index contributed by atoms with van der Waals surface area (Å²) in [4.78, 5) is 13.9. The highest BCUT2D eigenvalue weighted by molar-refractivity contribution is 5.82. The number of nitrogens with zero attached hydrogens (tertiary/aromatic N) is 1. The maximum absolute atomic E-state index is 12.0. The fraction of sp³-hybridized carbons (Fsp3) is 0.917. The molecule has 4 heteroatoms. The molecular formula is C12H24N2O2. The molecule has 4 nitrogen and oxygen atoms in total. The zero-order valence-electron chi connectivity index (χ0n) is 10.4. The number of hydrogen-bond donors (Lipinski definition) is 2. The molecule has 2 atom stereocenters. The molecule has 16 heavy (non-hydrogen) atoms. The normalized spacial score (nSPS) is 21.9. The maximum atomic E-state index is 12.0. The minimum absolute atomic E-state index is 0.0748. The third-order valence-electron chi connectivity index (χ3n) is 3.73. The maximum Gasteiger partial charge on any atom is 0.239 e. The van der Waals surface area contributed by atoms with E-state index in [9.17, 15) is 4.79 Å². The predicted octanol–water partition coefficient (Wildman–Crippen LogP) is 0.591. The molecule has 0 aromatic rings. The highest BCUT2D eigenvalue weighted by atomic mass is 16.3. The van der Waals surface area contributed by atoms with Crippen LogP contribution in [0.5, 0.6) is 0 Å². The lowest BCUT2D eigenvalue weighted by atomic mass is 9.95. The SMILES string of the molecule is CCC(C)[C@H](N)C(=O)N1CCC(CO)CC1. The highest BCUT2D eigenvalue weighted by Gasteiger charge is 2.28. The number of carbonyl (C=O) groups is 1. The summed E-state index contributed by atoms with van der Waals surface area (Å²) in [6, 6.07) is -0.365. The molecule has 1 amide bonds. The van der Waals surface area contributed by atoms with Crippen LogP contribution in [0.2, 0.25) is 0 Å². The third-order valence-corrected chi connectivity index (χ3v) is 3.73. The summed E-state index contributed by atoms with van der Waals surface area (Å²) in [5.74, 6) is 0.678. The topological polar surface area (TPSA) is 66.6 Å². The summed E-state index contributed by atoms with van der Waals surface area (Å²) in [5.41, 5.74) is 5.93. The summed E-state index contributed by atoms with van der Waals surface area (Å²) in [6.07, 6.45) is 2.73. The number of aliphatic hydroxyl groups excluding tert-OH is 1. The first kappa shape index (κ1) is 13.5. The molecule has 1 saturated heterocycles. The van der Waals surface area contributed by atoms with E-state index < -0.39 is 0 Å². The molecule has 1 unspecified atom stereocenters. The fourth-order valence-corrected chi connectivity index (χ4v) is 2.04. The molecule has 0 aromatic heterocycles. The van der Waals surface area contributed by atoms with Gasteiger partial charge in [-0.1, -0.05) is 20.3 Å². The van der Waals surface area contributed by atoms with Crippen LogP contribution in [0.25, 0.3) is 0 Å².